The molecule has 0 amide bonds. The first-order valence-corrected chi connectivity index (χ1v) is 8.66. The summed E-state index contributed by atoms with van der Waals surface area (Å²) in [5, 5.41) is 6.60. The minimum Gasteiger partial charge on any atom is -0.382 e. The molecule has 1 aliphatic rings. The van der Waals surface area contributed by atoms with Crippen molar-refractivity contribution in [3.05, 3.63) is 0 Å². The maximum absolute atomic E-state index is 5.85. The molecule has 1 heterocycles. The summed E-state index contributed by atoms with van der Waals surface area (Å²) in [5.74, 6) is 0.880. The molecule has 0 radical (unpaired) electrons. The third-order valence-electron chi connectivity index (χ3n) is 3.40. The zero-order valence-corrected chi connectivity index (χ0v) is 14.2. The smallest absolute Gasteiger partial charge is 0.191 e. The Morgan fingerprint density at radius 3 is 2.68 bits per heavy atom. The highest BCUT2D eigenvalue weighted by atomic mass is 16.5. The summed E-state index contributed by atoms with van der Waals surface area (Å²) in [6, 6.07) is 0. The summed E-state index contributed by atoms with van der Waals surface area (Å²) in [4.78, 5) is 4.53. The zero-order chi connectivity index (χ0) is 15.9. The van der Waals surface area contributed by atoms with Crippen LogP contribution in [0.4, 0.5) is 0 Å². The molecule has 22 heavy (non-hydrogen) atoms. The van der Waals surface area contributed by atoms with Gasteiger partial charge in [0.1, 0.15) is 0 Å². The Kier molecular flexibility index (Phi) is 12.0. The van der Waals surface area contributed by atoms with Crippen LogP contribution < -0.4 is 10.6 Å². The van der Waals surface area contributed by atoms with E-state index in [-0.39, 0.29) is 0 Å². The van der Waals surface area contributed by atoms with E-state index in [1.165, 1.54) is 0 Å². The van der Waals surface area contributed by atoms with Gasteiger partial charge in [0.25, 0.3) is 0 Å². The number of ether oxygens (including phenoxy) is 3. The monoisotopic (exact) mass is 315 g/mol. The minimum absolute atomic E-state index is 0.384. The van der Waals surface area contributed by atoms with Gasteiger partial charge in [0.15, 0.2) is 5.96 Å². The van der Waals surface area contributed by atoms with E-state index in [2.05, 4.69) is 22.5 Å². The second-order valence-electron chi connectivity index (χ2n) is 5.27. The molecule has 0 aromatic heterocycles. The molecule has 0 unspecified atom stereocenters. The highest BCUT2D eigenvalue weighted by Crippen LogP contribution is 2.10. The fourth-order valence-electron chi connectivity index (χ4n) is 2.22. The zero-order valence-electron chi connectivity index (χ0n) is 14.2. The number of nitrogens with one attached hydrogen (secondary N) is 2. The molecule has 0 atom stereocenters. The first-order chi connectivity index (χ1) is 10.9. The topological polar surface area (TPSA) is 64.1 Å². The number of guanidine groups is 1. The van der Waals surface area contributed by atoms with Gasteiger partial charge < -0.3 is 24.8 Å². The lowest BCUT2D eigenvalue weighted by Crippen LogP contribution is -2.38. The van der Waals surface area contributed by atoms with Crippen LogP contribution in [0.5, 0.6) is 0 Å². The molecule has 1 saturated heterocycles. The lowest BCUT2D eigenvalue weighted by Gasteiger charge is -2.22. The van der Waals surface area contributed by atoms with Gasteiger partial charge >= 0.3 is 0 Å². The summed E-state index contributed by atoms with van der Waals surface area (Å²) < 4.78 is 16.5. The molecular weight excluding hydrogens is 282 g/mol. The SMILES string of the molecule is CCNC(=NCCCOCC)NCCCOC1CCOCC1. The predicted molar refractivity (Wildman–Crippen MR) is 89.5 cm³/mol. The molecule has 0 spiro atoms. The van der Waals surface area contributed by atoms with Crippen LogP contribution in [0.3, 0.4) is 0 Å². The van der Waals surface area contributed by atoms with Gasteiger partial charge in [-0.1, -0.05) is 0 Å². The van der Waals surface area contributed by atoms with Gasteiger partial charge in [0, 0.05) is 52.7 Å². The van der Waals surface area contributed by atoms with Gasteiger partial charge in [-0.15, -0.1) is 0 Å². The third-order valence-corrected chi connectivity index (χ3v) is 3.40. The summed E-state index contributed by atoms with van der Waals surface area (Å²) in [5.41, 5.74) is 0. The van der Waals surface area contributed by atoms with Crippen LogP contribution >= 0.6 is 0 Å². The molecule has 0 saturated carbocycles. The van der Waals surface area contributed by atoms with E-state index in [0.717, 1.165) is 84.3 Å². The molecule has 6 nitrogen and oxygen atoms in total. The van der Waals surface area contributed by atoms with Crippen LogP contribution in [0.2, 0.25) is 0 Å². The Bertz CT molecular complexity index is 282. The summed E-state index contributed by atoms with van der Waals surface area (Å²) in [6.07, 6.45) is 4.38. The standard InChI is InChI=1S/C16H33N3O3/c1-3-17-16(18-9-5-11-20-4-2)19-10-6-12-22-15-7-13-21-14-8-15/h15H,3-14H2,1-2H3,(H2,17,18,19). The van der Waals surface area contributed by atoms with E-state index in [1.54, 1.807) is 0 Å². The van der Waals surface area contributed by atoms with Crippen molar-refractivity contribution in [2.75, 3.05) is 52.7 Å². The van der Waals surface area contributed by atoms with Gasteiger partial charge in [0.05, 0.1) is 6.10 Å². The Labute approximate surface area is 135 Å². The van der Waals surface area contributed by atoms with Crippen LogP contribution in [-0.4, -0.2) is 64.7 Å². The fourth-order valence-corrected chi connectivity index (χ4v) is 2.22. The fraction of sp³-hybridized carbons (Fsp3) is 0.938. The lowest BCUT2D eigenvalue weighted by molar-refractivity contribution is -0.0320. The largest absolute Gasteiger partial charge is 0.382 e. The number of aliphatic imine (C=N–C) groups is 1. The van der Waals surface area contributed by atoms with Crippen LogP contribution in [0.25, 0.3) is 0 Å². The van der Waals surface area contributed by atoms with Crippen molar-refractivity contribution < 1.29 is 14.2 Å². The first kappa shape index (κ1) is 19.2. The van der Waals surface area contributed by atoms with E-state index < -0.39 is 0 Å². The van der Waals surface area contributed by atoms with E-state index >= 15 is 0 Å². The molecule has 0 aromatic carbocycles. The van der Waals surface area contributed by atoms with Crippen LogP contribution in [0.1, 0.15) is 39.5 Å². The summed E-state index contributed by atoms with van der Waals surface area (Å²) in [7, 11) is 0. The first-order valence-electron chi connectivity index (χ1n) is 8.66. The van der Waals surface area contributed by atoms with E-state index in [4.69, 9.17) is 14.2 Å². The summed E-state index contributed by atoms with van der Waals surface area (Å²) >= 11 is 0. The normalized spacial score (nSPS) is 16.7. The quantitative estimate of drug-likeness (QED) is 0.344. The van der Waals surface area contributed by atoms with Gasteiger partial charge in [-0.25, -0.2) is 0 Å². The molecule has 0 bridgehead atoms. The Morgan fingerprint density at radius 1 is 1.14 bits per heavy atom. The maximum atomic E-state index is 5.85. The molecule has 1 rings (SSSR count). The van der Waals surface area contributed by atoms with Crippen molar-refractivity contribution in [2.24, 2.45) is 4.99 Å². The average Bonchev–Trinajstić information content (AvgIpc) is 2.55. The van der Waals surface area contributed by atoms with Gasteiger partial charge in [-0.3, -0.25) is 4.99 Å². The van der Waals surface area contributed by atoms with E-state index in [0.29, 0.717) is 6.10 Å². The third kappa shape index (κ3) is 9.97. The van der Waals surface area contributed by atoms with Crippen molar-refractivity contribution in [3.8, 4) is 0 Å². The second-order valence-corrected chi connectivity index (χ2v) is 5.27. The molecule has 6 heteroatoms. The minimum atomic E-state index is 0.384. The summed E-state index contributed by atoms with van der Waals surface area (Å²) in [6.45, 7) is 10.6. The highest BCUT2D eigenvalue weighted by molar-refractivity contribution is 5.79. The van der Waals surface area contributed by atoms with Crippen LogP contribution in [0.15, 0.2) is 4.99 Å². The van der Waals surface area contributed by atoms with E-state index in [9.17, 15) is 0 Å². The molecule has 2 N–H and O–H groups in total. The second kappa shape index (κ2) is 13.8. The number of hydrogen-bond donors (Lipinski definition) is 2. The van der Waals surface area contributed by atoms with Gasteiger partial charge in [-0.05, 0) is 39.5 Å². The van der Waals surface area contributed by atoms with Crippen LogP contribution in [-0.2, 0) is 14.2 Å². The van der Waals surface area contributed by atoms with Crippen molar-refractivity contribution in [1.29, 1.82) is 0 Å². The van der Waals surface area contributed by atoms with Crippen molar-refractivity contribution in [3.63, 3.8) is 0 Å². The van der Waals surface area contributed by atoms with Gasteiger partial charge in [0.2, 0.25) is 0 Å². The Morgan fingerprint density at radius 2 is 1.95 bits per heavy atom. The van der Waals surface area contributed by atoms with Crippen molar-refractivity contribution in [2.45, 2.75) is 45.6 Å². The molecule has 1 fully saturated rings. The Hall–Kier alpha value is -0.850. The number of nitrogens with zero attached hydrogens (tertiary/aromatic N) is 1. The average molecular weight is 315 g/mol. The highest BCUT2D eigenvalue weighted by Gasteiger charge is 2.13. The molecule has 0 aromatic rings. The maximum Gasteiger partial charge on any atom is 0.191 e. The number of rotatable bonds is 11. The predicted octanol–water partition coefficient (Wildman–Crippen LogP) is 1.55. The molecule has 130 valence electrons. The lowest BCUT2D eigenvalue weighted by atomic mass is 10.1. The van der Waals surface area contributed by atoms with E-state index in [1.807, 2.05) is 6.92 Å². The van der Waals surface area contributed by atoms with Crippen LogP contribution in [0, 0.1) is 0 Å². The van der Waals surface area contributed by atoms with Gasteiger partial charge in [-0.2, -0.15) is 0 Å². The Balaban J connectivity index is 2.05. The molecule has 0 aliphatic carbocycles. The molecular formula is C16H33N3O3. The van der Waals surface area contributed by atoms with Crippen molar-refractivity contribution in [1.82, 2.24) is 10.6 Å². The van der Waals surface area contributed by atoms with Crippen molar-refractivity contribution >= 4 is 5.96 Å². The molecule has 1 aliphatic heterocycles. The number of hydrogen-bond acceptors (Lipinski definition) is 4.